The summed E-state index contributed by atoms with van der Waals surface area (Å²) >= 11 is 1.42. The van der Waals surface area contributed by atoms with Crippen molar-refractivity contribution in [1.29, 1.82) is 0 Å². The van der Waals surface area contributed by atoms with Crippen molar-refractivity contribution in [2.75, 3.05) is 5.32 Å². The van der Waals surface area contributed by atoms with Gasteiger partial charge in [-0.05, 0) is 18.6 Å². The van der Waals surface area contributed by atoms with Gasteiger partial charge in [0.15, 0.2) is 5.13 Å². The van der Waals surface area contributed by atoms with Gasteiger partial charge in [0.1, 0.15) is 0 Å². The van der Waals surface area contributed by atoms with Gasteiger partial charge in [0.25, 0.3) is 0 Å². The minimum absolute atomic E-state index is 0.164. The van der Waals surface area contributed by atoms with Crippen LogP contribution in [0, 0.1) is 6.92 Å². The lowest BCUT2D eigenvalue weighted by Crippen LogP contribution is -2.07. The lowest BCUT2D eigenvalue weighted by molar-refractivity contribution is -0.111. The summed E-state index contributed by atoms with van der Waals surface area (Å²) in [5, 5.41) is 5.24. The Bertz CT molecular complexity index is 531. The number of nitrogens with zero attached hydrogens (tertiary/aromatic N) is 1. The highest BCUT2D eigenvalue weighted by Gasteiger charge is 2.01. The van der Waals surface area contributed by atoms with Crippen molar-refractivity contribution in [2.45, 2.75) is 6.92 Å². The van der Waals surface area contributed by atoms with Gasteiger partial charge in [-0.3, -0.25) is 10.1 Å². The van der Waals surface area contributed by atoms with Crippen LogP contribution in [0.15, 0.2) is 41.8 Å². The number of hydrogen-bond donors (Lipinski definition) is 1. The molecule has 3 nitrogen and oxygen atoms in total. The Balaban J connectivity index is 1.96. The molecule has 17 heavy (non-hydrogen) atoms. The summed E-state index contributed by atoms with van der Waals surface area (Å²) in [6.07, 6.45) is 3.28. The molecule has 0 atom stereocenters. The van der Waals surface area contributed by atoms with Gasteiger partial charge in [-0.1, -0.05) is 30.3 Å². The molecule has 1 heterocycles. The monoisotopic (exact) mass is 244 g/mol. The number of thiazole rings is 1. The molecular formula is C13H12N2OS. The molecule has 1 N–H and O–H groups in total. The molecular weight excluding hydrogens is 232 g/mol. The second-order valence-corrected chi connectivity index (χ2v) is 4.39. The van der Waals surface area contributed by atoms with Gasteiger partial charge in [-0.25, -0.2) is 4.98 Å². The highest BCUT2D eigenvalue weighted by molar-refractivity contribution is 7.13. The zero-order chi connectivity index (χ0) is 12.1. The standard InChI is InChI=1S/C13H12N2OS/c1-10-9-17-13(14-10)15-12(16)8-7-11-5-3-2-4-6-11/h2-9H,1H3,(H,14,15,16). The van der Waals surface area contributed by atoms with E-state index in [1.807, 2.05) is 42.6 Å². The van der Waals surface area contributed by atoms with E-state index >= 15 is 0 Å². The van der Waals surface area contributed by atoms with Crippen molar-refractivity contribution in [3.05, 3.63) is 53.0 Å². The number of amides is 1. The molecule has 2 aromatic rings. The van der Waals surface area contributed by atoms with Crippen molar-refractivity contribution in [3.8, 4) is 0 Å². The molecule has 0 spiro atoms. The third-order valence-electron chi connectivity index (χ3n) is 2.08. The van der Waals surface area contributed by atoms with Gasteiger partial charge in [-0.15, -0.1) is 11.3 Å². The van der Waals surface area contributed by atoms with Crippen LogP contribution < -0.4 is 5.32 Å². The zero-order valence-electron chi connectivity index (χ0n) is 9.38. The third-order valence-corrected chi connectivity index (χ3v) is 2.95. The number of nitrogens with one attached hydrogen (secondary N) is 1. The summed E-state index contributed by atoms with van der Waals surface area (Å²) in [6, 6.07) is 9.69. The normalized spacial score (nSPS) is 10.6. The van der Waals surface area contributed by atoms with Crippen molar-refractivity contribution in [1.82, 2.24) is 4.98 Å². The van der Waals surface area contributed by atoms with Crippen LogP contribution in [0.25, 0.3) is 6.08 Å². The maximum absolute atomic E-state index is 11.6. The molecule has 0 saturated heterocycles. The van der Waals surface area contributed by atoms with Crippen molar-refractivity contribution in [3.63, 3.8) is 0 Å². The molecule has 0 radical (unpaired) electrons. The fourth-order valence-corrected chi connectivity index (χ4v) is 1.99. The number of aryl methyl sites for hydroxylation is 1. The van der Waals surface area contributed by atoms with E-state index < -0.39 is 0 Å². The second kappa shape index (κ2) is 5.41. The minimum Gasteiger partial charge on any atom is -0.298 e. The predicted octanol–water partition coefficient (Wildman–Crippen LogP) is 3.10. The number of hydrogen-bond acceptors (Lipinski definition) is 3. The molecule has 0 aliphatic heterocycles. The van der Waals surface area contributed by atoms with E-state index in [1.165, 1.54) is 17.4 Å². The van der Waals surface area contributed by atoms with Crippen LogP contribution in [0.5, 0.6) is 0 Å². The first-order valence-electron chi connectivity index (χ1n) is 5.20. The van der Waals surface area contributed by atoms with Crippen molar-refractivity contribution < 1.29 is 4.79 Å². The zero-order valence-corrected chi connectivity index (χ0v) is 10.2. The second-order valence-electron chi connectivity index (χ2n) is 3.53. The van der Waals surface area contributed by atoms with E-state index in [1.54, 1.807) is 6.08 Å². The maximum atomic E-state index is 11.6. The molecule has 86 valence electrons. The number of carbonyl (C=O) groups excluding carboxylic acids is 1. The highest BCUT2D eigenvalue weighted by atomic mass is 32.1. The van der Waals surface area contributed by atoms with Gasteiger partial charge in [0.05, 0.1) is 5.69 Å². The molecule has 0 unspecified atom stereocenters. The molecule has 0 aliphatic carbocycles. The SMILES string of the molecule is Cc1csc(NC(=O)C=Cc2ccccc2)n1. The fraction of sp³-hybridized carbons (Fsp3) is 0.0769. The van der Waals surface area contributed by atoms with Crippen LogP contribution in [0.4, 0.5) is 5.13 Å². The first-order chi connectivity index (χ1) is 8.24. The van der Waals surface area contributed by atoms with Crippen LogP contribution in [-0.4, -0.2) is 10.9 Å². The molecule has 0 fully saturated rings. The lowest BCUT2D eigenvalue weighted by atomic mass is 10.2. The molecule has 2 rings (SSSR count). The summed E-state index contributed by atoms with van der Waals surface area (Å²) in [5.41, 5.74) is 1.91. The molecule has 1 aromatic carbocycles. The van der Waals surface area contributed by atoms with Crippen LogP contribution in [0.2, 0.25) is 0 Å². The first-order valence-corrected chi connectivity index (χ1v) is 6.08. The number of anilines is 1. The van der Waals surface area contributed by atoms with Gasteiger partial charge in [0.2, 0.25) is 5.91 Å². The van der Waals surface area contributed by atoms with Crippen LogP contribution in [-0.2, 0) is 4.79 Å². The molecule has 1 aromatic heterocycles. The predicted molar refractivity (Wildman–Crippen MR) is 71.0 cm³/mol. The van der Waals surface area contributed by atoms with Crippen LogP contribution in [0.1, 0.15) is 11.3 Å². The average Bonchev–Trinajstić information content (AvgIpc) is 2.73. The minimum atomic E-state index is -0.164. The molecule has 0 saturated carbocycles. The third kappa shape index (κ3) is 3.53. The Morgan fingerprint density at radius 2 is 2.12 bits per heavy atom. The Morgan fingerprint density at radius 3 is 2.76 bits per heavy atom. The number of carbonyl (C=O) groups is 1. The van der Waals surface area contributed by atoms with E-state index in [-0.39, 0.29) is 5.91 Å². The van der Waals surface area contributed by atoms with Crippen molar-refractivity contribution in [2.24, 2.45) is 0 Å². The van der Waals surface area contributed by atoms with Gasteiger partial charge >= 0.3 is 0 Å². The Hall–Kier alpha value is -1.94. The van der Waals surface area contributed by atoms with E-state index in [0.29, 0.717) is 5.13 Å². The van der Waals surface area contributed by atoms with E-state index in [2.05, 4.69) is 10.3 Å². The smallest absolute Gasteiger partial charge is 0.250 e. The fourth-order valence-electron chi connectivity index (χ4n) is 1.29. The highest BCUT2D eigenvalue weighted by Crippen LogP contribution is 2.14. The summed E-state index contributed by atoms with van der Waals surface area (Å²) in [7, 11) is 0. The topological polar surface area (TPSA) is 42.0 Å². The largest absolute Gasteiger partial charge is 0.298 e. The summed E-state index contributed by atoms with van der Waals surface area (Å²) in [4.78, 5) is 15.7. The maximum Gasteiger partial charge on any atom is 0.250 e. The summed E-state index contributed by atoms with van der Waals surface area (Å²) < 4.78 is 0. The number of benzene rings is 1. The quantitative estimate of drug-likeness (QED) is 0.843. The van der Waals surface area contributed by atoms with Crippen LogP contribution >= 0.6 is 11.3 Å². The molecule has 4 heteroatoms. The summed E-state index contributed by atoms with van der Waals surface area (Å²) in [5.74, 6) is -0.164. The number of aromatic nitrogens is 1. The van der Waals surface area contributed by atoms with E-state index in [0.717, 1.165) is 11.3 Å². The Labute approximate surface area is 104 Å². The van der Waals surface area contributed by atoms with Gasteiger partial charge < -0.3 is 0 Å². The molecule has 1 amide bonds. The average molecular weight is 244 g/mol. The van der Waals surface area contributed by atoms with Gasteiger partial charge in [-0.2, -0.15) is 0 Å². The number of rotatable bonds is 3. The van der Waals surface area contributed by atoms with Crippen molar-refractivity contribution >= 4 is 28.5 Å². The lowest BCUT2D eigenvalue weighted by Gasteiger charge is -1.95. The first kappa shape index (κ1) is 11.5. The Kier molecular flexibility index (Phi) is 3.67. The summed E-state index contributed by atoms with van der Waals surface area (Å²) in [6.45, 7) is 1.89. The molecule has 0 aliphatic rings. The van der Waals surface area contributed by atoms with E-state index in [9.17, 15) is 4.79 Å². The van der Waals surface area contributed by atoms with E-state index in [4.69, 9.17) is 0 Å². The molecule has 0 bridgehead atoms. The van der Waals surface area contributed by atoms with Gasteiger partial charge in [0, 0.05) is 11.5 Å². The van der Waals surface area contributed by atoms with Crippen LogP contribution in [0.3, 0.4) is 0 Å². The Morgan fingerprint density at radius 1 is 1.35 bits per heavy atom.